The molecule has 0 unspecified atom stereocenters. The van der Waals surface area contributed by atoms with Crippen LogP contribution in [0, 0.1) is 6.92 Å². The molecular weight excluding hydrogens is 476 g/mol. The predicted octanol–water partition coefficient (Wildman–Crippen LogP) is 5.44. The molecule has 174 valence electrons. The third-order valence-electron chi connectivity index (χ3n) is 5.24. The largest absolute Gasteiger partial charge is 0.348 e. The molecule has 1 N–H and O–H groups in total. The van der Waals surface area contributed by atoms with Gasteiger partial charge in [0.2, 0.25) is 15.9 Å². The van der Waals surface area contributed by atoms with Crippen molar-refractivity contribution >= 4 is 39.3 Å². The van der Waals surface area contributed by atoms with Crippen molar-refractivity contribution in [2.45, 2.75) is 36.2 Å². The second kappa shape index (κ2) is 11.2. The molecule has 5 nitrogen and oxygen atoms in total. The monoisotopic (exact) mass is 502 g/mol. The maximum atomic E-state index is 13.4. The van der Waals surface area contributed by atoms with E-state index < -0.39 is 10.0 Å². The molecule has 0 aliphatic heterocycles. The molecule has 1 atom stereocenters. The van der Waals surface area contributed by atoms with E-state index in [2.05, 4.69) is 5.32 Å². The van der Waals surface area contributed by atoms with E-state index in [0.29, 0.717) is 5.02 Å². The average molecular weight is 503 g/mol. The quantitative estimate of drug-likeness (QED) is 0.396. The summed E-state index contributed by atoms with van der Waals surface area (Å²) in [7, 11) is -3.89. The first-order valence-electron chi connectivity index (χ1n) is 10.4. The SMILES string of the molecule is CSc1ccc([C@H](C)NC(=O)CN(Cc2ccc(Cl)cc2)S(=O)(=O)c2ccc(C)cc2)cc1. The van der Waals surface area contributed by atoms with Crippen LogP contribution in [0.4, 0.5) is 0 Å². The van der Waals surface area contributed by atoms with Crippen LogP contribution in [0.1, 0.15) is 29.7 Å². The number of sulfonamides is 1. The van der Waals surface area contributed by atoms with E-state index >= 15 is 0 Å². The first-order valence-corrected chi connectivity index (χ1v) is 13.5. The third-order valence-corrected chi connectivity index (χ3v) is 8.05. The number of aryl methyl sites for hydroxylation is 1. The molecule has 0 heterocycles. The van der Waals surface area contributed by atoms with Crippen LogP contribution in [0.5, 0.6) is 0 Å². The minimum atomic E-state index is -3.89. The number of carbonyl (C=O) groups is 1. The summed E-state index contributed by atoms with van der Waals surface area (Å²) in [5.74, 6) is -0.374. The summed E-state index contributed by atoms with van der Waals surface area (Å²) in [6.45, 7) is 3.52. The van der Waals surface area contributed by atoms with Gasteiger partial charge in [0.25, 0.3) is 0 Å². The van der Waals surface area contributed by atoms with Crippen LogP contribution in [0.15, 0.2) is 82.6 Å². The fourth-order valence-corrected chi connectivity index (χ4v) is 5.22. The topological polar surface area (TPSA) is 66.5 Å². The van der Waals surface area contributed by atoms with Gasteiger partial charge in [-0.2, -0.15) is 4.31 Å². The van der Waals surface area contributed by atoms with Gasteiger partial charge in [-0.05, 0) is 67.6 Å². The van der Waals surface area contributed by atoms with Gasteiger partial charge in [0.15, 0.2) is 0 Å². The lowest BCUT2D eigenvalue weighted by Crippen LogP contribution is -2.41. The number of benzene rings is 3. The number of rotatable bonds is 9. The highest BCUT2D eigenvalue weighted by Gasteiger charge is 2.27. The van der Waals surface area contributed by atoms with E-state index in [1.54, 1.807) is 60.3 Å². The summed E-state index contributed by atoms with van der Waals surface area (Å²) < 4.78 is 28.0. The van der Waals surface area contributed by atoms with Gasteiger partial charge < -0.3 is 5.32 Å². The molecule has 3 aromatic carbocycles. The number of nitrogens with one attached hydrogen (secondary N) is 1. The number of nitrogens with zero attached hydrogens (tertiary/aromatic N) is 1. The Morgan fingerprint density at radius 3 is 2.18 bits per heavy atom. The molecule has 0 radical (unpaired) electrons. The second-order valence-electron chi connectivity index (χ2n) is 7.77. The Morgan fingerprint density at radius 1 is 1.00 bits per heavy atom. The Bertz CT molecular complexity index is 1180. The summed E-state index contributed by atoms with van der Waals surface area (Å²) in [6, 6.07) is 21.2. The molecule has 0 spiro atoms. The Kier molecular flexibility index (Phi) is 8.59. The number of amides is 1. The number of thioether (sulfide) groups is 1. The molecule has 33 heavy (non-hydrogen) atoms. The summed E-state index contributed by atoms with van der Waals surface area (Å²) in [5.41, 5.74) is 2.65. The molecule has 0 saturated heterocycles. The lowest BCUT2D eigenvalue weighted by molar-refractivity contribution is -0.122. The standard InChI is InChI=1S/C25H27ClN2O3S2/c1-18-4-14-24(15-5-18)33(30,31)28(16-20-6-10-22(26)11-7-20)17-25(29)27-19(2)21-8-12-23(32-3)13-9-21/h4-15,19H,16-17H2,1-3H3,(H,27,29)/t19-/m0/s1. The van der Waals surface area contributed by atoms with Crippen LogP contribution >= 0.6 is 23.4 Å². The Hall–Kier alpha value is -2.32. The van der Waals surface area contributed by atoms with Gasteiger partial charge in [-0.15, -0.1) is 11.8 Å². The predicted molar refractivity (Wildman–Crippen MR) is 135 cm³/mol. The van der Waals surface area contributed by atoms with Crippen LogP contribution in [0.2, 0.25) is 5.02 Å². The number of halogens is 1. The smallest absolute Gasteiger partial charge is 0.243 e. The van der Waals surface area contributed by atoms with Crippen molar-refractivity contribution in [3.05, 3.63) is 94.5 Å². The van der Waals surface area contributed by atoms with Crippen molar-refractivity contribution in [3.8, 4) is 0 Å². The Balaban J connectivity index is 1.81. The molecule has 8 heteroatoms. The fraction of sp³-hybridized carbons (Fsp3) is 0.240. The van der Waals surface area contributed by atoms with Gasteiger partial charge in [-0.3, -0.25) is 4.79 Å². The minimum absolute atomic E-state index is 0.0532. The summed E-state index contributed by atoms with van der Waals surface area (Å²) in [4.78, 5) is 14.2. The van der Waals surface area contributed by atoms with Crippen LogP contribution in [-0.4, -0.2) is 31.4 Å². The number of carbonyl (C=O) groups excluding carboxylic acids is 1. The molecular formula is C25H27ClN2O3S2. The fourth-order valence-electron chi connectivity index (χ4n) is 3.30. The molecule has 1 amide bonds. The van der Waals surface area contributed by atoms with Crippen molar-refractivity contribution in [3.63, 3.8) is 0 Å². The maximum Gasteiger partial charge on any atom is 0.243 e. The average Bonchev–Trinajstić information content (AvgIpc) is 2.80. The lowest BCUT2D eigenvalue weighted by atomic mass is 10.1. The van der Waals surface area contributed by atoms with Gasteiger partial charge >= 0.3 is 0 Å². The zero-order valence-corrected chi connectivity index (χ0v) is 21.2. The normalized spacial score (nSPS) is 12.5. The highest BCUT2D eigenvalue weighted by atomic mass is 35.5. The van der Waals surface area contributed by atoms with E-state index in [0.717, 1.165) is 21.6 Å². The third kappa shape index (κ3) is 6.84. The lowest BCUT2D eigenvalue weighted by Gasteiger charge is -2.23. The summed E-state index contributed by atoms with van der Waals surface area (Å²) in [5, 5.41) is 3.48. The van der Waals surface area contributed by atoms with E-state index in [4.69, 9.17) is 11.6 Å². The van der Waals surface area contributed by atoms with Gasteiger partial charge in [0, 0.05) is 16.5 Å². The minimum Gasteiger partial charge on any atom is -0.348 e. The van der Waals surface area contributed by atoms with Crippen LogP contribution in [0.3, 0.4) is 0 Å². The van der Waals surface area contributed by atoms with E-state index in [9.17, 15) is 13.2 Å². The van der Waals surface area contributed by atoms with Crippen molar-refractivity contribution in [2.24, 2.45) is 0 Å². The molecule has 0 saturated carbocycles. The second-order valence-corrected chi connectivity index (χ2v) is 11.0. The van der Waals surface area contributed by atoms with Crippen LogP contribution in [-0.2, 0) is 21.4 Å². The molecule has 0 bridgehead atoms. The van der Waals surface area contributed by atoms with Crippen molar-refractivity contribution in [1.29, 1.82) is 0 Å². The zero-order chi connectivity index (χ0) is 24.0. The van der Waals surface area contributed by atoms with Gasteiger partial charge in [-0.25, -0.2) is 8.42 Å². The van der Waals surface area contributed by atoms with Crippen molar-refractivity contribution in [2.75, 3.05) is 12.8 Å². The maximum absolute atomic E-state index is 13.4. The van der Waals surface area contributed by atoms with Crippen LogP contribution in [0.25, 0.3) is 0 Å². The molecule has 3 aromatic rings. The van der Waals surface area contributed by atoms with Crippen molar-refractivity contribution < 1.29 is 13.2 Å². The number of hydrogen-bond donors (Lipinski definition) is 1. The Morgan fingerprint density at radius 2 is 1.61 bits per heavy atom. The first kappa shape index (κ1) is 25.3. The highest BCUT2D eigenvalue weighted by Crippen LogP contribution is 2.21. The van der Waals surface area contributed by atoms with E-state index in [1.807, 2.05) is 44.4 Å². The van der Waals surface area contributed by atoms with Gasteiger partial charge in [-0.1, -0.05) is 53.6 Å². The summed E-state index contributed by atoms with van der Waals surface area (Å²) in [6.07, 6.45) is 2.00. The van der Waals surface area contributed by atoms with E-state index in [1.165, 1.54) is 4.31 Å². The number of hydrogen-bond acceptors (Lipinski definition) is 4. The van der Waals surface area contributed by atoms with E-state index in [-0.39, 0.29) is 29.9 Å². The molecule has 0 fully saturated rings. The summed E-state index contributed by atoms with van der Waals surface area (Å²) >= 11 is 7.62. The molecule has 0 aromatic heterocycles. The Labute approximate surface area is 205 Å². The van der Waals surface area contributed by atoms with Gasteiger partial charge in [0.05, 0.1) is 17.5 Å². The molecule has 0 aliphatic rings. The highest BCUT2D eigenvalue weighted by molar-refractivity contribution is 7.98. The van der Waals surface area contributed by atoms with Crippen LogP contribution < -0.4 is 5.32 Å². The van der Waals surface area contributed by atoms with Gasteiger partial charge in [0.1, 0.15) is 0 Å². The molecule has 0 aliphatic carbocycles. The zero-order valence-electron chi connectivity index (χ0n) is 18.8. The first-order chi connectivity index (χ1) is 15.7. The van der Waals surface area contributed by atoms with Crippen molar-refractivity contribution in [1.82, 2.24) is 9.62 Å². The molecule has 3 rings (SSSR count).